The van der Waals surface area contributed by atoms with Crippen LogP contribution in [-0.2, 0) is 4.79 Å². The lowest BCUT2D eigenvalue weighted by Gasteiger charge is -2.11. The number of carbonyl (C=O) groups excluding carboxylic acids is 1. The van der Waals surface area contributed by atoms with E-state index in [1.54, 1.807) is 6.07 Å². The summed E-state index contributed by atoms with van der Waals surface area (Å²) in [5.74, 6) is 0.478. The van der Waals surface area contributed by atoms with E-state index < -0.39 is 10.8 Å². The first-order valence-electron chi connectivity index (χ1n) is 7.23. The first-order chi connectivity index (χ1) is 11.4. The van der Waals surface area contributed by atoms with Crippen molar-refractivity contribution in [1.29, 1.82) is 0 Å². The molecule has 0 radical (unpaired) electrons. The molecule has 0 unspecified atom stereocenters. The molecule has 7 heteroatoms. The molecule has 126 valence electrons. The van der Waals surface area contributed by atoms with Crippen molar-refractivity contribution in [1.82, 2.24) is 0 Å². The molecule has 2 aromatic carbocycles. The highest BCUT2D eigenvalue weighted by Gasteiger charge is 2.14. The number of ether oxygens (including phenoxy) is 2. The predicted molar refractivity (Wildman–Crippen MR) is 89.7 cm³/mol. The van der Waals surface area contributed by atoms with Crippen LogP contribution in [0.2, 0.25) is 0 Å². The summed E-state index contributed by atoms with van der Waals surface area (Å²) in [6, 6.07) is 9.51. The fourth-order valence-electron chi connectivity index (χ4n) is 2.05. The number of hydrogen-bond donors (Lipinski definition) is 1. The molecular formula is C17H18N2O5. The maximum atomic E-state index is 12.0. The Bertz CT molecular complexity index is 774. The van der Waals surface area contributed by atoms with E-state index in [-0.39, 0.29) is 18.0 Å². The summed E-state index contributed by atoms with van der Waals surface area (Å²) in [5.41, 5.74) is 2.28. The lowest BCUT2D eigenvalue weighted by Crippen LogP contribution is -2.20. The van der Waals surface area contributed by atoms with Gasteiger partial charge in [0.15, 0.2) is 6.61 Å². The number of rotatable bonds is 6. The van der Waals surface area contributed by atoms with Crippen LogP contribution in [0.3, 0.4) is 0 Å². The minimum absolute atomic E-state index is 0.138. The first kappa shape index (κ1) is 17.3. The fourth-order valence-corrected chi connectivity index (χ4v) is 2.05. The van der Waals surface area contributed by atoms with E-state index in [2.05, 4.69) is 5.32 Å². The molecule has 0 atom stereocenters. The number of nitrogens with one attached hydrogen (secondary N) is 1. The van der Waals surface area contributed by atoms with E-state index in [4.69, 9.17) is 9.47 Å². The highest BCUT2D eigenvalue weighted by Crippen LogP contribution is 2.28. The van der Waals surface area contributed by atoms with E-state index in [9.17, 15) is 14.9 Å². The van der Waals surface area contributed by atoms with Gasteiger partial charge in [0.25, 0.3) is 11.6 Å². The maximum Gasteiger partial charge on any atom is 0.271 e. The molecule has 0 aliphatic carbocycles. The summed E-state index contributed by atoms with van der Waals surface area (Å²) in [6.45, 7) is 3.73. The van der Waals surface area contributed by atoms with Crippen molar-refractivity contribution in [2.24, 2.45) is 0 Å². The summed E-state index contributed by atoms with van der Waals surface area (Å²) in [5, 5.41) is 13.4. The molecule has 1 amide bonds. The number of carbonyl (C=O) groups is 1. The standard InChI is InChI=1S/C17H18N2O5/c1-11-4-6-14(8-12(11)2)24-10-17(20)18-15-9-13(19(21)22)5-7-16(15)23-3/h4-9H,10H2,1-3H3,(H,18,20). The molecule has 1 N–H and O–H groups in total. The van der Waals surface area contributed by atoms with E-state index in [1.807, 2.05) is 26.0 Å². The quantitative estimate of drug-likeness (QED) is 0.648. The second-order valence-electron chi connectivity index (χ2n) is 5.22. The van der Waals surface area contributed by atoms with Crippen molar-refractivity contribution in [3.8, 4) is 11.5 Å². The summed E-state index contributed by atoms with van der Waals surface area (Å²) >= 11 is 0. The van der Waals surface area contributed by atoms with Gasteiger partial charge in [-0.1, -0.05) is 6.07 Å². The molecule has 2 rings (SSSR count). The molecule has 0 aliphatic rings. The van der Waals surface area contributed by atoms with Crippen molar-refractivity contribution in [2.75, 3.05) is 19.0 Å². The Labute approximate surface area is 139 Å². The number of aryl methyl sites for hydroxylation is 2. The molecule has 7 nitrogen and oxygen atoms in total. The van der Waals surface area contributed by atoms with Crippen LogP contribution >= 0.6 is 0 Å². The minimum atomic E-state index is -0.541. The highest BCUT2D eigenvalue weighted by molar-refractivity contribution is 5.93. The fraction of sp³-hybridized carbons (Fsp3) is 0.235. The third-order valence-corrected chi connectivity index (χ3v) is 3.52. The molecular weight excluding hydrogens is 312 g/mol. The van der Waals surface area contributed by atoms with E-state index in [0.717, 1.165) is 11.1 Å². The van der Waals surface area contributed by atoms with Crippen molar-refractivity contribution in [3.63, 3.8) is 0 Å². The topological polar surface area (TPSA) is 90.7 Å². The van der Waals surface area contributed by atoms with Gasteiger partial charge in [-0.3, -0.25) is 14.9 Å². The van der Waals surface area contributed by atoms with Crippen molar-refractivity contribution >= 4 is 17.3 Å². The Hall–Kier alpha value is -3.09. The number of amides is 1. The summed E-state index contributed by atoms with van der Waals surface area (Å²) < 4.78 is 10.5. The lowest BCUT2D eigenvalue weighted by molar-refractivity contribution is -0.384. The average Bonchev–Trinajstić information content (AvgIpc) is 2.55. The third-order valence-electron chi connectivity index (χ3n) is 3.52. The predicted octanol–water partition coefficient (Wildman–Crippen LogP) is 3.24. The van der Waals surface area contributed by atoms with Gasteiger partial charge >= 0.3 is 0 Å². The van der Waals surface area contributed by atoms with Crippen LogP contribution in [0.5, 0.6) is 11.5 Å². The van der Waals surface area contributed by atoms with E-state index in [1.165, 1.54) is 25.3 Å². The van der Waals surface area contributed by atoms with Crippen LogP contribution in [0.15, 0.2) is 36.4 Å². The van der Waals surface area contributed by atoms with Crippen LogP contribution < -0.4 is 14.8 Å². The Kier molecular flexibility index (Phi) is 5.36. The Morgan fingerprint density at radius 3 is 2.54 bits per heavy atom. The van der Waals surface area contributed by atoms with Crippen LogP contribution in [0.25, 0.3) is 0 Å². The number of nitro groups is 1. The lowest BCUT2D eigenvalue weighted by atomic mass is 10.1. The largest absolute Gasteiger partial charge is 0.495 e. The van der Waals surface area contributed by atoms with Gasteiger partial charge in [-0.15, -0.1) is 0 Å². The van der Waals surface area contributed by atoms with Gasteiger partial charge in [-0.25, -0.2) is 0 Å². The monoisotopic (exact) mass is 330 g/mol. The smallest absolute Gasteiger partial charge is 0.271 e. The van der Waals surface area contributed by atoms with Crippen LogP contribution in [-0.4, -0.2) is 24.5 Å². The molecule has 0 heterocycles. The molecule has 0 saturated carbocycles. The van der Waals surface area contributed by atoms with Gasteiger partial charge in [0.1, 0.15) is 11.5 Å². The Balaban J connectivity index is 2.04. The number of hydrogen-bond acceptors (Lipinski definition) is 5. The number of nitrogens with zero attached hydrogens (tertiary/aromatic N) is 1. The van der Waals surface area contributed by atoms with Gasteiger partial charge in [0.05, 0.1) is 17.7 Å². The number of benzene rings is 2. The molecule has 0 fully saturated rings. The van der Waals surface area contributed by atoms with Crippen molar-refractivity contribution in [2.45, 2.75) is 13.8 Å². The number of non-ortho nitro benzene ring substituents is 1. The zero-order valence-electron chi connectivity index (χ0n) is 13.7. The van der Waals surface area contributed by atoms with E-state index >= 15 is 0 Å². The van der Waals surface area contributed by atoms with Crippen LogP contribution in [0.4, 0.5) is 11.4 Å². The second kappa shape index (κ2) is 7.45. The Morgan fingerprint density at radius 2 is 1.92 bits per heavy atom. The summed E-state index contributed by atoms with van der Waals surface area (Å²) in [7, 11) is 1.42. The maximum absolute atomic E-state index is 12.0. The minimum Gasteiger partial charge on any atom is -0.495 e. The van der Waals surface area contributed by atoms with E-state index in [0.29, 0.717) is 11.5 Å². The summed E-state index contributed by atoms with van der Waals surface area (Å²) in [6.07, 6.45) is 0. The number of anilines is 1. The molecule has 0 aromatic heterocycles. The normalized spacial score (nSPS) is 10.1. The van der Waals surface area contributed by atoms with Gasteiger partial charge < -0.3 is 14.8 Å². The zero-order valence-corrected chi connectivity index (χ0v) is 13.7. The highest BCUT2D eigenvalue weighted by atomic mass is 16.6. The first-order valence-corrected chi connectivity index (χ1v) is 7.23. The molecule has 24 heavy (non-hydrogen) atoms. The van der Waals surface area contributed by atoms with Crippen molar-refractivity contribution in [3.05, 3.63) is 57.6 Å². The Morgan fingerprint density at radius 1 is 1.17 bits per heavy atom. The molecule has 0 spiro atoms. The number of nitro benzene ring substituents is 1. The number of methoxy groups -OCH3 is 1. The van der Waals surface area contributed by atoms with Gasteiger partial charge in [-0.2, -0.15) is 0 Å². The molecule has 0 aliphatic heterocycles. The molecule has 2 aromatic rings. The average molecular weight is 330 g/mol. The van der Waals surface area contributed by atoms with Gasteiger partial charge in [0, 0.05) is 12.1 Å². The SMILES string of the molecule is COc1ccc([N+](=O)[O-])cc1NC(=O)COc1ccc(C)c(C)c1. The molecule has 0 saturated heterocycles. The van der Waals surface area contributed by atoms with Gasteiger partial charge in [-0.05, 0) is 43.2 Å². The van der Waals surface area contributed by atoms with Crippen molar-refractivity contribution < 1.29 is 19.2 Å². The second-order valence-corrected chi connectivity index (χ2v) is 5.22. The van der Waals surface area contributed by atoms with Gasteiger partial charge in [0.2, 0.25) is 0 Å². The zero-order chi connectivity index (χ0) is 17.7. The van der Waals surface area contributed by atoms with Crippen LogP contribution in [0.1, 0.15) is 11.1 Å². The summed E-state index contributed by atoms with van der Waals surface area (Å²) in [4.78, 5) is 22.3. The third kappa shape index (κ3) is 4.22. The molecule has 0 bridgehead atoms. The van der Waals surface area contributed by atoms with Crippen LogP contribution in [0, 0.1) is 24.0 Å².